The lowest BCUT2D eigenvalue weighted by atomic mass is 10.0. The summed E-state index contributed by atoms with van der Waals surface area (Å²) in [6.07, 6.45) is 5.91. The molecule has 3 heterocycles. The van der Waals surface area contributed by atoms with Crippen LogP contribution in [0.1, 0.15) is 51.2 Å². The predicted molar refractivity (Wildman–Crippen MR) is 127 cm³/mol. The van der Waals surface area contributed by atoms with Crippen LogP contribution in [0.15, 0.2) is 4.99 Å². The summed E-state index contributed by atoms with van der Waals surface area (Å²) in [6.45, 7) is 10.8. The van der Waals surface area contributed by atoms with Crippen LogP contribution in [0, 0.1) is 5.92 Å². The number of halogens is 1. The minimum absolute atomic E-state index is 0. The zero-order chi connectivity index (χ0) is 19.8. The number of aryl methyl sites for hydroxylation is 1. The maximum absolute atomic E-state index is 5.52. The van der Waals surface area contributed by atoms with Crippen molar-refractivity contribution in [2.24, 2.45) is 10.9 Å². The molecule has 2 aliphatic rings. The molecule has 3 rings (SSSR count). The summed E-state index contributed by atoms with van der Waals surface area (Å²) in [5.74, 6) is 3.62. The summed E-state index contributed by atoms with van der Waals surface area (Å²) in [7, 11) is 1.83. The van der Waals surface area contributed by atoms with Gasteiger partial charge in [0.25, 0.3) is 0 Å². The van der Waals surface area contributed by atoms with E-state index < -0.39 is 0 Å². The molecule has 1 fully saturated rings. The number of aliphatic imine (C=N–C) groups is 1. The van der Waals surface area contributed by atoms with Crippen LogP contribution < -0.4 is 10.6 Å². The Morgan fingerprint density at radius 3 is 2.62 bits per heavy atom. The molecule has 166 valence electrons. The van der Waals surface area contributed by atoms with Crippen molar-refractivity contribution in [2.75, 3.05) is 39.9 Å². The molecule has 9 heteroatoms. The number of morpholine rings is 1. The lowest BCUT2D eigenvalue weighted by Gasteiger charge is -2.35. The van der Waals surface area contributed by atoms with Crippen LogP contribution in [-0.4, -0.2) is 71.6 Å². The van der Waals surface area contributed by atoms with Gasteiger partial charge in [-0.3, -0.25) is 9.89 Å². The van der Waals surface area contributed by atoms with E-state index in [9.17, 15) is 0 Å². The number of nitrogens with zero attached hydrogens (tertiary/aromatic N) is 5. The first-order chi connectivity index (χ1) is 13.7. The standard InChI is InChI=1S/C20H37N7O.HI/c1-16(2)13-17(26-9-11-28-12-10-26)14-22-20(21-3)23-15-19-25-24-18-7-5-4-6-8-27(18)19;/h16-17H,4-15H2,1-3H3,(H2,21,22,23);1H. The van der Waals surface area contributed by atoms with E-state index in [2.05, 4.69) is 49.1 Å². The Labute approximate surface area is 192 Å². The smallest absolute Gasteiger partial charge is 0.191 e. The number of hydrogen-bond acceptors (Lipinski definition) is 5. The Balaban J connectivity index is 0.00000300. The molecule has 8 nitrogen and oxygen atoms in total. The zero-order valence-corrected chi connectivity index (χ0v) is 20.5. The van der Waals surface area contributed by atoms with Gasteiger partial charge in [-0.05, 0) is 25.2 Å². The van der Waals surface area contributed by atoms with Crippen LogP contribution in [0.4, 0.5) is 0 Å². The minimum Gasteiger partial charge on any atom is -0.379 e. The number of rotatable bonds is 7. The lowest BCUT2D eigenvalue weighted by molar-refractivity contribution is 0.0132. The van der Waals surface area contributed by atoms with E-state index in [1.807, 2.05) is 7.05 Å². The Hall–Kier alpha value is -0.940. The third-order valence-corrected chi connectivity index (χ3v) is 5.63. The SMILES string of the molecule is CN=C(NCc1nnc2n1CCCCC2)NCC(CC(C)C)N1CCOCC1.I. The Morgan fingerprint density at radius 1 is 1.10 bits per heavy atom. The maximum Gasteiger partial charge on any atom is 0.191 e. The third-order valence-electron chi connectivity index (χ3n) is 5.63. The molecule has 0 saturated carbocycles. The van der Waals surface area contributed by atoms with Gasteiger partial charge < -0.3 is 19.9 Å². The van der Waals surface area contributed by atoms with E-state index in [4.69, 9.17) is 4.74 Å². The molecule has 0 radical (unpaired) electrons. The third kappa shape index (κ3) is 7.36. The molecule has 0 bridgehead atoms. The fraction of sp³-hybridized carbons (Fsp3) is 0.850. The van der Waals surface area contributed by atoms with Gasteiger partial charge in [-0.15, -0.1) is 34.2 Å². The van der Waals surface area contributed by atoms with E-state index in [-0.39, 0.29) is 24.0 Å². The quantitative estimate of drug-likeness (QED) is 0.326. The highest BCUT2D eigenvalue weighted by Gasteiger charge is 2.22. The number of fused-ring (bicyclic) bond motifs is 1. The predicted octanol–water partition coefficient (Wildman–Crippen LogP) is 2.03. The summed E-state index contributed by atoms with van der Waals surface area (Å²) >= 11 is 0. The fourth-order valence-corrected chi connectivity index (χ4v) is 4.12. The van der Waals surface area contributed by atoms with Gasteiger partial charge in [0.2, 0.25) is 0 Å². The number of guanidine groups is 1. The molecular weight excluding hydrogens is 481 g/mol. The van der Waals surface area contributed by atoms with Crippen LogP contribution in [-0.2, 0) is 24.2 Å². The van der Waals surface area contributed by atoms with Crippen LogP contribution in [0.2, 0.25) is 0 Å². The van der Waals surface area contributed by atoms with Crippen LogP contribution >= 0.6 is 24.0 Å². The second-order valence-corrected chi connectivity index (χ2v) is 8.23. The Kier molecular flexibility index (Phi) is 10.6. The van der Waals surface area contributed by atoms with Crippen molar-refractivity contribution < 1.29 is 4.74 Å². The van der Waals surface area contributed by atoms with E-state index in [0.29, 0.717) is 18.5 Å². The Bertz CT molecular complexity index is 628. The van der Waals surface area contributed by atoms with Gasteiger partial charge in [0, 0.05) is 45.7 Å². The Morgan fingerprint density at radius 2 is 1.90 bits per heavy atom. The number of ether oxygens (including phenoxy) is 1. The molecule has 0 aliphatic carbocycles. The molecule has 2 N–H and O–H groups in total. The van der Waals surface area contributed by atoms with Gasteiger partial charge in [0.05, 0.1) is 19.8 Å². The van der Waals surface area contributed by atoms with E-state index in [0.717, 1.165) is 63.4 Å². The van der Waals surface area contributed by atoms with Gasteiger partial charge in [-0.2, -0.15) is 0 Å². The topological polar surface area (TPSA) is 79.6 Å². The van der Waals surface area contributed by atoms with E-state index in [1.54, 1.807) is 0 Å². The second-order valence-electron chi connectivity index (χ2n) is 8.23. The van der Waals surface area contributed by atoms with Crippen LogP contribution in [0.3, 0.4) is 0 Å². The summed E-state index contributed by atoms with van der Waals surface area (Å²) in [5.41, 5.74) is 0. The zero-order valence-electron chi connectivity index (χ0n) is 18.2. The molecule has 0 spiro atoms. The van der Waals surface area contributed by atoms with Crippen LogP contribution in [0.25, 0.3) is 0 Å². The fourth-order valence-electron chi connectivity index (χ4n) is 4.12. The van der Waals surface area contributed by atoms with Crippen molar-refractivity contribution in [3.8, 4) is 0 Å². The van der Waals surface area contributed by atoms with Crippen molar-refractivity contribution in [1.29, 1.82) is 0 Å². The molecule has 0 aromatic carbocycles. The van der Waals surface area contributed by atoms with Crippen molar-refractivity contribution in [1.82, 2.24) is 30.3 Å². The first kappa shape index (κ1) is 24.3. The number of aromatic nitrogens is 3. The normalized spacial score (nSPS) is 19.2. The molecule has 1 unspecified atom stereocenters. The monoisotopic (exact) mass is 519 g/mol. The number of hydrogen-bond donors (Lipinski definition) is 2. The average Bonchev–Trinajstić information content (AvgIpc) is 2.93. The van der Waals surface area contributed by atoms with Gasteiger partial charge in [0.1, 0.15) is 5.82 Å². The molecule has 1 atom stereocenters. The highest BCUT2D eigenvalue weighted by Crippen LogP contribution is 2.15. The highest BCUT2D eigenvalue weighted by molar-refractivity contribution is 14.0. The average molecular weight is 519 g/mol. The second kappa shape index (κ2) is 12.7. The molecule has 29 heavy (non-hydrogen) atoms. The van der Waals surface area contributed by atoms with E-state index >= 15 is 0 Å². The summed E-state index contributed by atoms with van der Waals surface area (Å²) in [6, 6.07) is 0.492. The summed E-state index contributed by atoms with van der Waals surface area (Å²) in [4.78, 5) is 6.95. The van der Waals surface area contributed by atoms with Crippen molar-refractivity contribution in [3.63, 3.8) is 0 Å². The summed E-state index contributed by atoms with van der Waals surface area (Å²) in [5, 5.41) is 15.7. The van der Waals surface area contributed by atoms with Gasteiger partial charge >= 0.3 is 0 Å². The first-order valence-corrected chi connectivity index (χ1v) is 10.8. The van der Waals surface area contributed by atoms with Gasteiger partial charge in [0.15, 0.2) is 11.8 Å². The van der Waals surface area contributed by atoms with Gasteiger partial charge in [-0.25, -0.2) is 0 Å². The molecular formula is C20H38IN7O. The van der Waals surface area contributed by atoms with Gasteiger partial charge in [-0.1, -0.05) is 20.3 Å². The molecule has 2 aliphatic heterocycles. The molecule has 0 amide bonds. The molecule has 1 aromatic heterocycles. The van der Waals surface area contributed by atoms with Crippen molar-refractivity contribution >= 4 is 29.9 Å². The van der Waals surface area contributed by atoms with Crippen molar-refractivity contribution in [2.45, 2.75) is 65.1 Å². The number of nitrogens with one attached hydrogen (secondary N) is 2. The highest BCUT2D eigenvalue weighted by atomic mass is 127. The molecule has 1 saturated heterocycles. The minimum atomic E-state index is 0. The maximum atomic E-state index is 5.52. The first-order valence-electron chi connectivity index (χ1n) is 10.8. The lowest BCUT2D eigenvalue weighted by Crippen LogP contribution is -2.51. The van der Waals surface area contributed by atoms with E-state index in [1.165, 1.54) is 25.7 Å². The van der Waals surface area contributed by atoms with Crippen molar-refractivity contribution in [3.05, 3.63) is 11.6 Å². The van der Waals surface area contributed by atoms with Crippen LogP contribution in [0.5, 0.6) is 0 Å². The summed E-state index contributed by atoms with van der Waals surface area (Å²) < 4.78 is 7.80. The molecule has 1 aromatic rings. The largest absolute Gasteiger partial charge is 0.379 e.